The van der Waals surface area contributed by atoms with Crippen LogP contribution in [-0.4, -0.2) is 57.0 Å². The van der Waals surface area contributed by atoms with Crippen LogP contribution in [0.5, 0.6) is 5.75 Å². The van der Waals surface area contributed by atoms with E-state index < -0.39 is 10.0 Å². The van der Waals surface area contributed by atoms with E-state index in [1.807, 2.05) is 6.92 Å². The molecule has 1 aliphatic heterocycles. The van der Waals surface area contributed by atoms with Gasteiger partial charge >= 0.3 is 0 Å². The summed E-state index contributed by atoms with van der Waals surface area (Å²) in [7, 11) is -2.03. The number of benzene rings is 1. The van der Waals surface area contributed by atoms with Crippen LogP contribution in [0.25, 0.3) is 0 Å². The standard InChI is InChI=1S/C14H23N3O3S/c1-4-16-7-8-17(10-11(16)2)21(18,19)14-6-5-12(20-3)9-13(14)15/h5-6,9,11H,4,7-8,10,15H2,1-3H3. The minimum Gasteiger partial charge on any atom is -0.497 e. The maximum atomic E-state index is 12.7. The van der Waals surface area contributed by atoms with Gasteiger partial charge in [0, 0.05) is 31.7 Å². The number of hydrogen-bond donors (Lipinski definition) is 1. The predicted octanol–water partition coefficient (Wildman–Crippen LogP) is 0.992. The molecule has 6 nitrogen and oxygen atoms in total. The van der Waals surface area contributed by atoms with E-state index in [0.717, 1.165) is 13.1 Å². The normalized spacial score (nSPS) is 21.4. The summed E-state index contributed by atoms with van der Waals surface area (Å²) in [4.78, 5) is 2.42. The first-order chi connectivity index (χ1) is 9.90. The maximum Gasteiger partial charge on any atom is 0.245 e. The van der Waals surface area contributed by atoms with Crippen LogP contribution in [0, 0.1) is 0 Å². The molecule has 0 aliphatic carbocycles. The van der Waals surface area contributed by atoms with Crippen molar-refractivity contribution in [2.45, 2.75) is 24.8 Å². The van der Waals surface area contributed by atoms with Crippen LogP contribution in [0.2, 0.25) is 0 Å². The lowest BCUT2D eigenvalue weighted by molar-refractivity contribution is 0.135. The second kappa shape index (κ2) is 6.21. The average molecular weight is 313 g/mol. The van der Waals surface area contributed by atoms with Gasteiger partial charge in [0.1, 0.15) is 10.6 Å². The summed E-state index contributed by atoms with van der Waals surface area (Å²) in [5.41, 5.74) is 6.10. The van der Waals surface area contributed by atoms with Gasteiger partial charge in [-0.2, -0.15) is 4.31 Å². The molecule has 1 aromatic rings. The van der Waals surface area contributed by atoms with Gasteiger partial charge in [0.25, 0.3) is 0 Å². The van der Waals surface area contributed by atoms with Crippen molar-refractivity contribution in [2.75, 3.05) is 39.0 Å². The Morgan fingerprint density at radius 3 is 2.62 bits per heavy atom. The molecule has 1 heterocycles. The molecule has 2 rings (SSSR count). The maximum absolute atomic E-state index is 12.7. The number of nitrogens with two attached hydrogens (primary N) is 1. The third-order valence-electron chi connectivity index (χ3n) is 3.97. The van der Waals surface area contributed by atoms with Crippen LogP contribution in [0.1, 0.15) is 13.8 Å². The Morgan fingerprint density at radius 2 is 2.10 bits per heavy atom. The van der Waals surface area contributed by atoms with E-state index >= 15 is 0 Å². The second-order valence-corrected chi connectivity index (χ2v) is 7.15. The molecule has 7 heteroatoms. The van der Waals surface area contributed by atoms with E-state index in [1.165, 1.54) is 17.5 Å². The van der Waals surface area contributed by atoms with Crippen LogP contribution in [0.4, 0.5) is 5.69 Å². The van der Waals surface area contributed by atoms with Gasteiger partial charge in [-0.25, -0.2) is 8.42 Å². The number of sulfonamides is 1. The summed E-state index contributed by atoms with van der Waals surface area (Å²) in [5.74, 6) is 0.552. The second-order valence-electron chi connectivity index (χ2n) is 5.24. The van der Waals surface area contributed by atoms with Gasteiger partial charge in [-0.15, -0.1) is 0 Å². The molecular formula is C14H23N3O3S. The fourth-order valence-corrected chi connectivity index (χ4v) is 4.29. The summed E-state index contributed by atoms with van der Waals surface area (Å²) in [5, 5.41) is 0. The van der Waals surface area contributed by atoms with Crippen molar-refractivity contribution in [1.29, 1.82) is 0 Å². The van der Waals surface area contributed by atoms with Crippen LogP contribution >= 0.6 is 0 Å². The number of ether oxygens (including phenoxy) is 1. The Hall–Kier alpha value is -1.31. The molecule has 1 aromatic carbocycles. The Bertz CT molecular complexity index is 603. The molecule has 0 radical (unpaired) electrons. The lowest BCUT2D eigenvalue weighted by Gasteiger charge is -2.38. The molecule has 0 aromatic heterocycles. The summed E-state index contributed by atoms with van der Waals surface area (Å²) in [6.07, 6.45) is 0. The molecule has 1 unspecified atom stereocenters. The molecule has 1 saturated heterocycles. The summed E-state index contributed by atoms with van der Waals surface area (Å²) < 4.78 is 32.0. The first-order valence-corrected chi connectivity index (χ1v) is 8.51. The van der Waals surface area contributed by atoms with Crippen molar-refractivity contribution in [1.82, 2.24) is 9.21 Å². The average Bonchev–Trinajstić information content (AvgIpc) is 2.46. The molecule has 1 aliphatic rings. The molecule has 0 amide bonds. The number of rotatable bonds is 4. The number of nitrogens with zero attached hydrogens (tertiary/aromatic N) is 2. The first-order valence-electron chi connectivity index (χ1n) is 7.07. The first kappa shape index (κ1) is 16.1. The van der Waals surface area contributed by atoms with E-state index in [2.05, 4.69) is 11.8 Å². The van der Waals surface area contributed by atoms with Crippen molar-refractivity contribution >= 4 is 15.7 Å². The monoisotopic (exact) mass is 313 g/mol. The zero-order valence-electron chi connectivity index (χ0n) is 12.7. The predicted molar refractivity (Wildman–Crippen MR) is 82.9 cm³/mol. The van der Waals surface area contributed by atoms with Crippen LogP contribution < -0.4 is 10.5 Å². The highest BCUT2D eigenvalue weighted by molar-refractivity contribution is 7.89. The zero-order valence-corrected chi connectivity index (χ0v) is 13.6. The Morgan fingerprint density at radius 1 is 1.38 bits per heavy atom. The molecule has 0 spiro atoms. The fraction of sp³-hybridized carbons (Fsp3) is 0.571. The van der Waals surface area contributed by atoms with Crippen molar-refractivity contribution in [3.63, 3.8) is 0 Å². The number of likely N-dealkylation sites (N-methyl/N-ethyl adjacent to an activating group) is 1. The number of anilines is 1. The largest absolute Gasteiger partial charge is 0.497 e. The molecule has 118 valence electrons. The van der Waals surface area contributed by atoms with Crippen LogP contribution in [0.3, 0.4) is 0 Å². The molecular weight excluding hydrogens is 290 g/mol. The third kappa shape index (κ3) is 3.14. The van der Waals surface area contributed by atoms with Gasteiger partial charge in [-0.05, 0) is 25.6 Å². The van der Waals surface area contributed by atoms with E-state index in [-0.39, 0.29) is 16.6 Å². The quantitative estimate of drug-likeness (QED) is 0.839. The minimum absolute atomic E-state index is 0.153. The highest BCUT2D eigenvalue weighted by Gasteiger charge is 2.32. The van der Waals surface area contributed by atoms with E-state index in [1.54, 1.807) is 12.1 Å². The minimum atomic E-state index is -3.56. The zero-order chi connectivity index (χ0) is 15.6. The number of hydrogen-bond acceptors (Lipinski definition) is 5. The van der Waals surface area contributed by atoms with E-state index in [9.17, 15) is 8.42 Å². The van der Waals surface area contributed by atoms with E-state index in [0.29, 0.717) is 18.8 Å². The Kier molecular flexibility index (Phi) is 4.75. The molecule has 1 atom stereocenters. The van der Waals surface area contributed by atoms with Gasteiger partial charge in [0.2, 0.25) is 10.0 Å². The fourth-order valence-electron chi connectivity index (χ4n) is 2.68. The SMILES string of the molecule is CCN1CCN(S(=O)(=O)c2ccc(OC)cc2N)CC1C. The van der Waals surface area contributed by atoms with Gasteiger partial charge < -0.3 is 10.5 Å². The van der Waals surface area contributed by atoms with Gasteiger partial charge in [0.15, 0.2) is 0 Å². The lowest BCUT2D eigenvalue weighted by Crippen LogP contribution is -2.53. The molecule has 0 saturated carbocycles. The van der Waals surface area contributed by atoms with Crippen LogP contribution in [-0.2, 0) is 10.0 Å². The summed E-state index contributed by atoms with van der Waals surface area (Å²) in [6.45, 7) is 6.78. The highest BCUT2D eigenvalue weighted by Crippen LogP contribution is 2.27. The molecule has 1 fully saturated rings. The van der Waals surface area contributed by atoms with Gasteiger partial charge in [-0.1, -0.05) is 6.92 Å². The summed E-state index contributed by atoms with van der Waals surface area (Å²) in [6, 6.07) is 4.88. The lowest BCUT2D eigenvalue weighted by atomic mass is 10.2. The van der Waals surface area contributed by atoms with Crippen molar-refractivity contribution in [3.05, 3.63) is 18.2 Å². The number of methoxy groups -OCH3 is 1. The van der Waals surface area contributed by atoms with Crippen molar-refractivity contribution in [3.8, 4) is 5.75 Å². The molecule has 2 N–H and O–H groups in total. The van der Waals surface area contributed by atoms with Gasteiger partial charge in [-0.3, -0.25) is 4.90 Å². The summed E-state index contributed by atoms with van der Waals surface area (Å²) >= 11 is 0. The Labute approximate surface area is 126 Å². The van der Waals surface area contributed by atoms with Crippen LogP contribution in [0.15, 0.2) is 23.1 Å². The third-order valence-corrected chi connectivity index (χ3v) is 5.91. The van der Waals surface area contributed by atoms with Crippen molar-refractivity contribution < 1.29 is 13.2 Å². The van der Waals surface area contributed by atoms with E-state index in [4.69, 9.17) is 10.5 Å². The Balaban J connectivity index is 2.27. The topological polar surface area (TPSA) is 75.9 Å². The number of nitrogen functional groups attached to an aromatic ring is 1. The molecule has 21 heavy (non-hydrogen) atoms. The number of piperazine rings is 1. The van der Waals surface area contributed by atoms with Crippen molar-refractivity contribution in [2.24, 2.45) is 0 Å². The van der Waals surface area contributed by atoms with Gasteiger partial charge in [0.05, 0.1) is 12.8 Å². The molecule has 0 bridgehead atoms. The highest BCUT2D eigenvalue weighted by atomic mass is 32.2. The smallest absolute Gasteiger partial charge is 0.245 e.